The third-order valence-electron chi connectivity index (χ3n) is 3.75. The van der Waals surface area contributed by atoms with E-state index >= 15 is 0 Å². The van der Waals surface area contributed by atoms with Gasteiger partial charge in [0, 0.05) is 6.07 Å². The minimum Gasteiger partial charge on any atom is -0.488 e. The Morgan fingerprint density at radius 2 is 2.19 bits per heavy atom. The second-order valence-electron chi connectivity index (χ2n) is 5.40. The fourth-order valence-electron chi connectivity index (χ4n) is 2.38. The first-order valence-electron chi connectivity index (χ1n) is 7.12. The van der Waals surface area contributed by atoms with Gasteiger partial charge < -0.3 is 15.8 Å². The molecule has 0 aliphatic heterocycles. The van der Waals surface area contributed by atoms with Crippen molar-refractivity contribution >= 4 is 5.91 Å². The molecule has 0 radical (unpaired) electrons. The summed E-state index contributed by atoms with van der Waals surface area (Å²) in [6.07, 6.45) is 2.61. The second-order valence-corrected chi connectivity index (χ2v) is 5.40. The highest BCUT2D eigenvalue weighted by atomic mass is 19.1. The predicted molar refractivity (Wildman–Crippen MR) is 74.8 cm³/mol. The molecule has 3 N–H and O–H groups in total. The van der Waals surface area contributed by atoms with Crippen molar-refractivity contribution < 1.29 is 18.3 Å². The maximum Gasteiger partial charge on any atom is 0.241 e. The van der Waals surface area contributed by atoms with Crippen molar-refractivity contribution in [3.63, 3.8) is 0 Å². The molecule has 1 unspecified atom stereocenters. The van der Waals surface area contributed by atoms with Crippen LogP contribution in [0.25, 0.3) is 0 Å². The first-order chi connectivity index (χ1) is 9.99. The summed E-state index contributed by atoms with van der Waals surface area (Å²) < 4.78 is 31.9. The number of primary amides is 1. The second kappa shape index (κ2) is 6.39. The van der Waals surface area contributed by atoms with Crippen molar-refractivity contribution in [1.29, 1.82) is 0 Å². The number of nitrogens with two attached hydrogens (primary N) is 1. The first kappa shape index (κ1) is 15.7. The average Bonchev–Trinajstić information content (AvgIpc) is 3.25. The molecule has 1 saturated carbocycles. The van der Waals surface area contributed by atoms with Gasteiger partial charge in [-0.3, -0.25) is 4.79 Å². The molecule has 1 aliphatic carbocycles. The number of ether oxygens (including phenoxy) is 1. The summed E-state index contributed by atoms with van der Waals surface area (Å²) >= 11 is 0. The van der Waals surface area contributed by atoms with Crippen LogP contribution in [0.4, 0.5) is 8.78 Å². The minimum atomic E-state index is -0.989. The molecular weight excluding hydrogens is 278 g/mol. The van der Waals surface area contributed by atoms with E-state index in [0.29, 0.717) is 6.54 Å². The Morgan fingerprint density at radius 1 is 1.48 bits per heavy atom. The Bertz CT molecular complexity index is 520. The van der Waals surface area contributed by atoms with Crippen LogP contribution in [-0.2, 0) is 4.79 Å². The Labute approximate surface area is 122 Å². The molecule has 1 aliphatic rings. The fourth-order valence-corrected chi connectivity index (χ4v) is 2.38. The van der Waals surface area contributed by atoms with Gasteiger partial charge in [-0.25, -0.2) is 8.78 Å². The number of hydrogen-bond donors (Lipinski definition) is 2. The summed E-state index contributed by atoms with van der Waals surface area (Å²) in [5, 5.41) is 3.15. The number of carbonyl (C=O) groups excluding carboxylic acids is 1. The van der Waals surface area contributed by atoms with E-state index < -0.39 is 23.1 Å². The molecule has 0 saturated heterocycles. The Morgan fingerprint density at radius 3 is 2.71 bits per heavy atom. The SMILES string of the molecule is CCCNC(COc1ccc(F)cc1F)(C(N)=O)C1CC1. The molecule has 2 rings (SSSR count). The van der Waals surface area contributed by atoms with Crippen molar-refractivity contribution in [1.82, 2.24) is 5.32 Å². The number of nitrogens with one attached hydrogen (secondary N) is 1. The summed E-state index contributed by atoms with van der Waals surface area (Å²) in [7, 11) is 0. The highest BCUT2D eigenvalue weighted by Crippen LogP contribution is 2.40. The van der Waals surface area contributed by atoms with Crippen LogP contribution in [0.3, 0.4) is 0 Å². The maximum atomic E-state index is 13.6. The molecule has 1 amide bonds. The largest absolute Gasteiger partial charge is 0.488 e. The summed E-state index contributed by atoms with van der Waals surface area (Å²) in [6, 6.07) is 3.07. The van der Waals surface area contributed by atoms with Crippen LogP contribution in [0.15, 0.2) is 18.2 Å². The Hall–Kier alpha value is -1.69. The van der Waals surface area contributed by atoms with Crippen LogP contribution < -0.4 is 15.8 Å². The van der Waals surface area contributed by atoms with E-state index in [9.17, 15) is 13.6 Å². The van der Waals surface area contributed by atoms with Gasteiger partial charge in [0.2, 0.25) is 5.91 Å². The van der Waals surface area contributed by atoms with E-state index in [4.69, 9.17) is 10.5 Å². The minimum absolute atomic E-state index is 0.0600. The fraction of sp³-hybridized carbons (Fsp3) is 0.533. The lowest BCUT2D eigenvalue weighted by molar-refractivity contribution is -0.126. The van der Waals surface area contributed by atoms with Gasteiger partial charge in [0.25, 0.3) is 0 Å². The van der Waals surface area contributed by atoms with Crippen LogP contribution in [0.1, 0.15) is 26.2 Å². The topological polar surface area (TPSA) is 64.3 Å². The van der Waals surface area contributed by atoms with Gasteiger partial charge in [-0.1, -0.05) is 6.92 Å². The lowest BCUT2D eigenvalue weighted by Crippen LogP contribution is -2.61. The van der Waals surface area contributed by atoms with E-state index in [2.05, 4.69) is 5.32 Å². The highest BCUT2D eigenvalue weighted by Gasteiger charge is 2.50. The molecule has 1 atom stereocenters. The Kier molecular flexibility index (Phi) is 4.77. The third-order valence-corrected chi connectivity index (χ3v) is 3.75. The van der Waals surface area contributed by atoms with Crippen molar-refractivity contribution in [2.45, 2.75) is 31.7 Å². The van der Waals surface area contributed by atoms with Crippen LogP contribution >= 0.6 is 0 Å². The molecule has 1 aromatic carbocycles. The maximum absolute atomic E-state index is 13.6. The predicted octanol–water partition coefficient (Wildman–Crippen LogP) is 1.98. The highest BCUT2D eigenvalue weighted by molar-refractivity contribution is 5.85. The quantitative estimate of drug-likeness (QED) is 0.771. The summed E-state index contributed by atoms with van der Waals surface area (Å²) in [5.41, 5.74) is 4.56. The number of amides is 1. The van der Waals surface area contributed by atoms with Gasteiger partial charge in [0.15, 0.2) is 11.6 Å². The monoisotopic (exact) mass is 298 g/mol. The average molecular weight is 298 g/mol. The molecule has 6 heteroatoms. The number of benzene rings is 1. The van der Waals surface area contributed by atoms with Gasteiger partial charge in [-0.15, -0.1) is 0 Å². The van der Waals surface area contributed by atoms with Gasteiger partial charge in [0.05, 0.1) is 0 Å². The lowest BCUT2D eigenvalue weighted by atomic mass is 9.93. The van der Waals surface area contributed by atoms with Crippen LogP contribution in [0, 0.1) is 17.6 Å². The zero-order valence-corrected chi connectivity index (χ0v) is 12.0. The smallest absolute Gasteiger partial charge is 0.241 e. The van der Waals surface area contributed by atoms with E-state index in [1.807, 2.05) is 6.92 Å². The molecule has 1 aromatic rings. The van der Waals surface area contributed by atoms with Crippen molar-refractivity contribution in [3.8, 4) is 5.75 Å². The number of halogens is 2. The van der Waals surface area contributed by atoms with Crippen LogP contribution in [-0.4, -0.2) is 24.6 Å². The normalized spacial score (nSPS) is 17.3. The standard InChI is InChI=1S/C15H20F2N2O2/c1-2-7-19-15(14(18)20,10-3-4-10)9-21-13-6-5-11(16)8-12(13)17/h5-6,8,10,19H,2-4,7,9H2,1H3,(H2,18,20). The van der Waals surface area contributed by atoms with Gasteiger partial charge in [-0.2, -0.15) is 0 Å². The van der Waals surface area contributed by atoms with Crippen molar-refractivity contribution in [3.05, 3.63) is 29.8 Å². The zero-order valence-electron chi connectivity index (χ0n) is 12.0. The van der Waals surface area contributed by atoms with E-state index in [1.165, 1.54) is 6.07 Å². The van der Waals surface area contributed by atoms with E-state index in [-0.39, 0.29) is 18.3 Å². The van der Waals surface area contributed by atoms with Crippen molar-refractivity contribution in [2.24, 2.45) is 11.7 Å². The van der Waals surface area contributed by atoms with E-state index in [0.717, 1.165) is 31.4 Å². The van der Waals surface area contributed by atoms with Crippen molar-refractivity contribution in [2.75, 3.05) is 13.2 Å². The molecular formula is C15H20F2N2O2. The lowest BCUT2D eigenvalue weighted by Gasteiger charge is -2.31. The number of hydrogen-bond acceptors (Lipinski definition) is 3. The first-order valence-corrected chi connectivity index (χ1v) is 7.12. The molecule has 0 heterocycles. The molecule has 1 fully saturated rings. The van der Waals surface area contributed by atoms with Crippen LogP contribution in [0.5, 0.6) is 5.75 Å². The molecule has 0 spiro atoms. The summed E-state index contributed by atoms with van der Waals surface area (Å²) in [4.78, 5) is 11.9. The Balaban J connectivity index is 2.13. The third kappa shape index (κ3) is 3.50. The molecule has 21 heavy (non-hydrogen) atoms. The summed E-state index contributed by atoms with van der Waals surface area (Å²) in [5.74, 6) is -1.95. The van der Waals surface area contributed by atoms with Crippen LogP contribution in [0.2, 0.25) is 0 Å². The number of carbonyl (C=O) groups is 1. The van der Waals surface area contributed by atoms with E-state index in [1.54, 1.807) is 0 Å². The molecule has 0 bridgehead atoms. The molecule has 0 aromatic heterocycles. The molecule has 4 nitrogen and oxygen atoms in total. The molecule has 116 valence electrons. The van der Waals surface area contributed by atoms with Gasteiger partial charge in [0.1, 0.15) is 18.0 Å². The zero-order chi connectivity index (χ0) is 15.5. The summed E-state index contributed by atoms with van der Waals surface area (Å²) in [6.45, 7) is 2.54. The van der Waals surface area contributed by atoms with Gasteiger partial charge in [-0.05, 0) is 43.9 Å². The van der Waals surface area contributed by atoms with Gasteiger partial charge >= 0.3 is 0 Å². The number of rotatable bonds is 8.